The monoisotopic (exact) mass is 402 g/mol. The molecule has 0 aliphatic rings. The SMILES string of the molecule is Fc1ccc(-c2ccnc3[nH]c(-c4n[nH]c5ncc(-c6cn[nH]c6)cc45)nc23)s1. The third kappa shape index (κ3) is 2.53. The predicted octanol–water partition coefficient (Wildman–Crippen LogP) is 4.15. The van der Waals surface area contributed by atoms with Crippen LogP contribution in [0.25, 0.3) is 55.3 Å². The Morgan fingerprint density at radius 2 is 1.97 bits per heavy atom. The fraction of sp³-hybridized carbons (Fsp3) is 0. The van der Waals surface area contributed by atoms with Gasteiger partial charge in [0.25, 0.3) is 0 Å². The molecule has 6 aromatic heterocycles. The van der Waals surface area contributed by atoms with Crippen LogP contribution in [0.3, 0.4) is 0 Å². The lowest BCUT2D eigenvalue weighted by Gasteiger charge is -1.97. The number of nitrogens with zero attached hydrogens (tertiary/aromatic N) is 5. The Labute approximate surface area is 165 Å². The van der Waals surface area contributed by atoms with Crippen molar-refractivity contribution in [3.8, 4) is 33.1 Å². The Hall–Kier alpha value is -3.92. The second-order valence-corrected chi connectivity index (χ2v) is 7.46. The van der Waals surface area contributed by atoms with Crippen LogP contribution in [0.15, 0.2) is 49.1 Å². The molecule has 0 atom stereocenters. The van der Waals surface area contributed by atoms with Crippen molar-refractivity contribution in [2.75, 3.05) is 0 Å². The van der Waals surface area contributed by atoms with Crippen molar-refractivity contribution in [2.45, 2.75) is 0 Å². The zero-order chi connectivity index (χ0) is 19.4. The van der Waals surface area contributed by atoms with Crippen LogP contribution in [0, 0.1) is 5.13 Å². The minimum Gasteiger partial charge on any atom is -0.321 e. The van der Waals surface area contributed by atoms with E-state index >= 15 is 0 Å². The molecule has 6 heterocycles. The molecule has 0 saturated carbocycles. The van der Waals surface area contributed by atoms with Crippen molar-refractivity contribution in [3.63, 3.8) is 0 Å². The maximum atomic E-state index is 13.5. The third-order valence-corrected chi connectivity index (χ3v) is 5.60. The minimum absolute atomic E-state index is 0.239. The van der Waals surface area contributed by atoms with Crippen LogP contribution in [0.5, 0.6) is 0 Å². The molecule has 3 N–H and O–H groups in total. The van der Waals surface area contributed by atoms with Gasteiger partial charge in [0.2, 0.25) is 0 Å². The summed E-state index contributed by atoms with van der Waals surface area (Å²) in [5.74, 6) is 0.564. The molecule has 0 fully saturated rings. The summed E-state index contributed by atoms with van der Waals surface area (Å²) in [7, 11) is 0. The first-order chi connectivity index (χ1) is 14.3. The maximum Gasteiger partial charge on any atom is 0.176 e. The van der Waals surface area contributed by atoms with Gasteiger partial charge in [-0.2, -0.15) is 14.6 Å². The van der Waals surface area contributed by atoms with Gasteiger partial charge >= 0.3 is 0 Å². The van der Waals surface area contributed by atoms with E-state index in [9.17, 15) is 4.39 Å². The highest BCUT2D eigenvalue weighted by Crippen LogP contribution is 2.34. The van der Waals surface area contributed by atoms with Crippen LogP contribution in [-0.2, 0) is 0 Å². The summed E-state index contributed by atoms with van der Waals surface area (Å²) in [6.07, 6.45) is 6.98. The average molecular weight is 402 g/mol. The van der Waals surface area contributed by atoms with E-state index in [2.05, 4.69) is 35.3 Å². The van der Waals surface area contributed by atoms with Gasteiger partial charge in [0.05, 0.1) is 11.6 Å². The number of rotatable bonds is 3. The number of hydrogen-bond acceptors (Lipinski definition) is 6. The molecule has 0 saturated heterocycles. The number of H-pyrrole nitrogens is 3. The second-order valence-electron chi connectivity index (χ2n) is 6.42. The van der Waals surface area contributed by atoms with E-state index in [1.165, 1.54) is 6.07 Å². The number of halogens is 1. The molecule has 0 aliphatic carbocycles. The van der Waals surface area contributed by atoms with E-state index in [4.69, 9.17) is 4.98 Å². The normalized spacial score (nSPS) is 11.6. The van der Waals surface area contributed by atoms with Gasteiger partial charge in [-0.1, -0.05) is 0 Å². The number of pyridine rings is 2. The molecule has 140 valence electrons. The Kier molecular flexibility index (Phi) is 3.35. The zero-order valence-electron chi connectivity index (χ0n) is 14.6. The summed E-state index contributed by atoms with van der Waals surface area (Å²) in [5.41, 5.74) is 5.24. The third-order valence-electron chi connectivity index (χ3n) is 4.70. The Bertz CT molecular complexity index is 1480. The lowest BCUT2D eigenvalue weighted by molar-refractivity contribution is 0.657. The highest BCUT2D eigenvalue weighted by Gasteiger charge is 2.17. The first-order valence-corrected chi connectivity index (χ1v) is 9.52. The average Bonchev–Trinajstić information content (AvgIpc) is 3.51. The number of hydrogen-bond donors (Lipinski definition) is 3. The van der Waals surface area contributed by atoms with Crippen molar-refractivity contribution in [2.24, 2.45) is 0 Å². The molecule has 6 aromatic rings. The largest absolute Gasteiger partial charge is 0.321 e. The number of nitrogens with one attached hydrogen (secondary N) is 3. The van der Waals surface area contributed by atoms with Crippen LogP contribution in [0.2, 0.25) is 0 Å². The Morgan fingerprint density at radius 1 is 1.00 bits per heavy atom. The van der Waals surface area contributed by atoms with Crippen molar-refractivity contribution >= 4 is 33.5 Å². The van der Waals surface area contributed by atoms with Crippen molar-refractivity contribution < 1.29 is 4.39 Å². The molecule has 29 heavy (non-hydrogen) atoms. The molecule has 0 amide bonds. The molecule has 0 radical (unpaired) electrons. The Balaban J connectivity index is 1.53. The molecule has 6 rings (SSSR count). The number of imidazole rings is 1. The van der Waals surface area contributed by atoms with E-state index in [-0.39, 0.29) is 5.13 Å². The number of aromatic nitrogens is 8. The summed E-state index contributed by atoms with van der Waals surface area (Å²) in [4.78, 5) is 17.6. The molecule has 0 spiro atoms. The highest BCUT2D eigenvalue weighted by molar-refractivity contribution is 7.14. The predicted molar refractivity (Wildman–Crippen MR) is 108 cm³/mol. The molecular formula is C19H11FN8S. The van der Waals surface area contributed by atoms with E-state index in [0.29, 0.717) is 28.3 Å². The minimum atomic E-state index is -0.239. The summed E-state index contributed by atoms with van der Waals surface area (Å²) in [5, 5.41) is 14.7. The van der Waals surface area contributed by atoms with Gasteiger partial charge in [0.15, 0.2) is 22.2 Å². The maximum absolute atomic E-state index is 13.5. The number of thiophene rings is 1. The molecule has 8 nitrogen and oxygen atoms in total. The quantitative estimate of drug-likeness (QED) is 0.412. The van der Waals surface area contributed by atoms with Gasteiger partial charge in [-0.05, 0) is 24.3 Å². The van der Waals surface area contributed by atoms with E-state index in [1.807, 2.05) is 12.1 Å². The van der Waals surface area contributed by atoms with Gasteiger partial charge in [-0.25, -0.2) is 15.0 Å². The summed E-state index contributed by atoms with van der Waals surface area (Å²) >= 11 is 1.08. The van der Waals surface area contributed by atoms with E-state index in [0.717, 1.165) is 38.3 Å². The van der Waals surface area contributed by atoms with E-state index < -0.39 is 0 Å². The first-order valence-electron chi connectivity index (χ1n) is 8.70. The fourth-order valence-corrected chi connectivity index (χ4v) is 4.09. The van der Waals surface area contributed by atoms with Crippen molar-refractivity contribution in [1.82, 2.24) is 40.3 Å². The zero-order valence-corrected chi connectivity index (χ0v) is 15.5. The van der Waals surface area contributed by atoms with Crippen LogP contribution in [-0.4, -0.2) is 40.3 Å². The second kappa shape index (κ2) is 6.04. The van der Waals surface area contributed by atoms with Crippen LogP contribution in [0.4, 0.5) is 4.39 Å². The van der Waals surface area contributed by atoms with E-state index in [1.54, 1.807) is 30.9 Å². The fourth-order valence-electron chi connectivity index (χ4n) is 3.33. The van der Waals surface area contributed by atoms with Gasteiger partial charge in [-0.3, -0.25) is 10.2 Å². The van der Waals surface area contributed by atoms with Gasteiger partial charge in [0, 0.05) is 40.2 Å². The summed E-state index contributed by atoms with van der Waals surface area (Å²) < 4.78 is 13.5. The molecule has 0 aliphatic heterocycles. The van der Waals surface area contributed by atoms with Crippen LogP contribution < -0.4 is 0 Å². The Morgan fingerprint density at radius 3 is 2.79 bits per heavy atom. The standard InChI is InChI=1S/C19H11FN8S/c20-14-2-1-13(29-14)11-3-4-21-18-15(11)25-19(26-18)16-12-5-9(10-7-23-24-8-10)6-22-17(12)28-27-16/h1-8H,(H,23,24)(H,21,25,26)(H,22,27,28). The molecule has 0 unspecified atom stereocenters. The molecular weight excluding hydrogens is 391 g/mol. The van der Waals surface area contributed by atoms with Crippen LogP contribution >= 0.6 is 11.3 Å². The smallest absolute Gasteiger partial charge is 0.176 e. The van der Waals surface area contributed by atoms with Gasteiger partial charge in [0.1, 0.15) is 11.2 Å². The highest BCUT2D eigenvalue weighted by atomic mass is 32.1. The van der Waals surface area contributed by atoms with Crippen molar-refractivity contribution in [1.29, 1.82) is 0 Å². The van der Waals surface area contributed by atoms with Crippen molar-refractivity contribution in [3.05, 3.63) is 54.2 Å². The first kappa shape index (κ1) is 16.1. The van der Waals surface area contributed by atoms with Crippen LogP contribution in [0.1, 0.15) is 0 Å². The number of fused-ring (bicyclic) bond motifs is 2. The topological polar surface area (TPSA) is 112 Å². The molecule has 10 heteroatoms. The lowest BCUT2D eigenvalue weighted by atomic mass is 10.1. The van der Waals surface area contributed by atoms with Gasteiger partial charge in [-0.15, -0.1) is 11.3 Å². The summed E-state index contributed by atoms with van der Waals surface area (Å²) in [6, 6.07) is 7.01. The lowest BCUT2D eigenvalue weighted by Crippen LogP contribution is -1.83. The summed E-state index contributed by atoms with van der Waals surface area (Å²) in [6.45, 7) is 0. The molecule has 0 aromatic carbocycles. The van der Waals surface area contributed by atoms with Gasteiger partial charge < -0.3 is 4.98 Å². The molecule has 0 bridgehead atoms. The number of aromatic amines is 3.